The van der Waals surface area contributed by atoms with Gasteiger partial charge in [0.15, 0.2) is 0 Å². The number of hydrogen-bond acceptors (Lipinski definition) is 4. The number of rotatable bonds is 5. The van der Waals surface area contributed by atoms with Gasteiger partial charge in [-0.05, 0) is 52.5 Å². The molecule has 1 aliphatic rings. The number of nitrogens with one attached hydrogen (secondary N) is 1. The Hall–Kier alpha value is -0.610. The van der Waals surface area contributed by atoms with Gasteiger partial charge in [0.1, 0.15) is 0 Å². The molecule has 1 aliphatic heterocycles. The zero-order valence-electron chi connectivity index (χ0n) is 9.79. The number of hydrogen-bond donors (Lipinski definition) is 1. The molecule has 0 unspecified atom stereocenters. The fraction of sp³-hybridized carbons (Fsp3) is 0.909. The summed E-state index contributed by atoms with van der Waals surface area (Å²) in [5.74, 6) is 0.0976. The summed E-state index contributed by atoms with van der Waals surface area (Å²) < 4.78 is 4.76. The Morgan fingerprint density at radius 2 is 2.13 bits per heavy atom. The van der Waals surface area contributed by atoms with Crippen LogP contribution in [0.2, 0.25) is 0 Å². The van der Waals surface area contributed by atoms with Crippen molar-refractivity contribution in [3.8, 4) is 0 Å². The molecule has 0 spiro atoms. The summed E-state index contributed by atoms with van der Waals surface area (Å²) >= 11 is 0. The van der Waals surface area contributed by atoms with Crippen molar-refractivity contribution in [1.29, 1.82) is 0 Å². The van der Waals surface area contributed by atoms with E-state index in [0.717, 1.165) is 39.0 Å². The van der Waals surface area contributed by atoms with Gasteiger partial charge in [0, 0.05) is 0 Å². The monoisotopic (exact) mass is 214 g/mol. The Kier molecular flexibility index (Phi) is 5.65. The summed E-state index contributed by atoms with van der Waals surface area (Å²) in [7, 11) is 3.45. The fourth-order valence-corrected chi connectivity index (χ4v) is 2.04. The number of esters is 1. The lowest BCUT2D eigenvalue weighted by molar-refractivity contribution is -0.147. The molecule has 0 aromatic rings. The maximum atomic E-state index is 11.3. The number of carbonyl (C=O) groups is 1. The molecule has 0 bridgehead atoms. The third kappa shape index (κ3) is 4.18. The number of nitrogens with zero attached hydrogens (tertiary/aromatic N) is 1. The van der Waals surface area contributed by atoms with E-state index in [4.69, 9.17) is 4.74 Å². The van der Waals surface area contributed by atoms with Crippen molar-refractivity contribution in [2.75, 3.05) is 40.3 Å². The van der Waals surface area contributed by atoms with Gasteiger partial charge in [0.05, 0.1) is 13.0 Å². The zero-order valence-corrected chi connectivity index (χ0v) is 9.79. The predicted octanol–water partition coefficient (Wildman–Crippen LogP) is 0.481. The van der Waals surface area contributed by atoms with E-state index in [1.807, 2.05) is 7.05 Å². The molecule has 0 amide bonds. The van der Waals surface area contributed by atoms with Gasteiger partial charge in [-0.3, -0.25) is 4.79 Å². The predicted molar refractivity (Wildman–Crippen MR) is 59.7 cm³/mol. The highest BCUT2D eigenvalue weighted by atomic mass is 16.5. The first kappa shape index (κ1) is 12.5. The Labute approximate surface area is 92.0 Å². The van der Waals surface area contributed by atoms with Gasteiger partial charge in [-0.15, -0.1) is 0 Å². The van der Waals surface area contributed by atoms with Gasteiger partial charge >= 0.3 is 5.97 Å². The van der Waals surface area contributed by atoms with Crippen molar-refractivity contribution >= 4 is 5.97 Å². The van der Waals surface area contributed by atoms with Crippen molar-refractivity contribution in [3.05, 3.63) is 0 Å². The van der Waals surface area contributed by atoms with Gasteiger partial charge in [-0.1, -0.05) is 0 Å². The molecule has 0 radical (unpaired) electrons. The number of carbonyl (C=O) groups excluding carboxylic acids is 1. The lowest BCUT2D eigenvalue weighted by atomic mass is 9.97. The molecule has 1 N–H and O–H groups in total. The maximum Gasteiger partial charge on any atom is 0.308 e. The Bertz CT molecular complexity index is 189. The third-order valence-electron chi connectivity index (χ3n) is 3.02. The first-order chi connectivity index (χ1) is 7.27. The van der Waals surface area contributed by atoms with Crippen molar-refractivity contribution in [2.45, 2.75) is 19.3 Å². The zero-order chi connectivity index (χ0) is 11.1. The molecular formula is C11H22N2O2. The van der Waals surface area contributed by atoms with E-state index < -0.39 is 0 Å². The maximum absolute atomic E-state index is 11.3. The molecular weight excluding hydrogens is 192 g/mol. The van der Waals surface area contributed by atoms with E-state index in [1.165, 1.54) is 13.5 Å². The normalized spacial score (nSPS) is 19.1. The lowest BCUT2D eigenvalue weighted by Crippen LogP contribution is -2.37. The van der Waals surface area contributed by atoms with Crippen LogP contribution in [0, 0.1) is 5.92 Å². The number of likely N-dealkylation sites (tertiary alicyclic amines) is 1. The minimum absolute atomic E-state index is 0.0372. The fourth-order valence-electron chi connectivity index (χ4n) is 2.04. The van der Waals surface area contributed by atoms with E-state index in [-0.39, 0.29) is 11.9 Å². The molecule has 15 heavy (non-hydrogen) atoms. The summed E-state index contributed by atoms with van der Waals surface area (Å²) in [5, 5.41) is 3.14. The Morgan fingerprint density at radius 1 is 1.47 bits per heavy atom. The van der Waals surface area contributed by atoms with Gasteiger partial charge < -0.3 is 15.0 Å². The molecule has 1 saturated heterocycles. The van der Waals surface area contributed by atoms with Crippen LogP contribution >= 0.6 is 0 Å². The largest absolute Gasteiger partial charge is 0.469 e. The van der Waals surface area contributed by atoms with Gasteiger partial charge in [-0.25, -0.2) is 0 Å². The Balaban J connectivity index is 2.15. The van der Waals surface area contributed by atoms with Crippen LogP contribution in [0.5, 0.6) is 0 Å². The highest BCUT2D eigenvalue weighted by Gasteiger charge is 2.24. The van der Waals surface area contributed by atoms with Gasteiger partial charge in [-0.2, -0.15) is 0 Å². The quantitative estimate of drug-likeness (QED) is 0.534. The molecule has 4 heteroatoms. The van der Waals surface area contributed by atoms with Crippen LogP contribution in [0.25, 0.3) is 0 Å². The second kappa shape index (κ2) is 6.80. The number of methoxy groups -OCH3 is 1. The Morgan fingerprint density at radius 3 is 2.67 bits per heavy atom. The second-order valence-corrected chi connectivity index (χ2v) is 4.10. The third-order valence-corrected chi connectivity index (χ3v) is 3.02. The first-order valence-electron chi connectivity index (χ1n) is 5.72. The minimum atomic E-state index is -0.0372. The average molecular weight is 214 g/mol. The van der Waals surface area contributed by atoms with Crippen molar-refractivity contribution < 1.29 is 9.53 Å². The van der Waals surface area contributed by atoms with Crippen molar-refractivity contribution in [3.63, 3.8) is 0 Å². The molecule has 1 heterocycles. The van der Waals surface area contributed by atoms with Crippen LogP contribution in [0.3, 0.4) is 0 Å². The summed E-state index contributed by atoms with van der Waals surface area (Å²) in [5.41, 5.74) is 0. The molecule has 1 fully saturated rings. The molecule has 0 aromatic carbocycles. The van der Waals surface area contributed by atoms with E-state index in [2.05, 4.69) is 10.2 Å². The first-order valence-corrected chi connectivity index (χ1v) is 5.72. The van der Waals surface area contributed by atoms with E-state index >= 15 is 0 Å². The highest BCUT2D eigenvalue weighted by molar-refractivity contribution is 5.72. The van der Waals surface area contributed by atoms with E-state index in [0.29, 0.717) is 0 Å². The lowest BCUT2D eigenvalue weighted by Gasteiger charge is -2.30. The molecule has 0 saturated carbocycles. The van der Waals surface area contributed by atoms with Gasteiger partial charge in [0.2, 0.25) is 0 Å². The summed E-state index contributed by atoms with van der Waals surface area (Å²) in [6.45, 7) is 4.26. The summed E-state index contributed by atoms with van der Waals surface area (Å²) in [6.07, 6.45) is 3.08. The van der Waals surface area contributed by atoms with Crippen LogP contribution in [-0.4, -0.2) is 51.2 Å². The van der Waals surface area contributed by atoms with E-state index in [1.54, 1.807) is 0 Å². The van der Waals surface area contributed by atoms with Crippen molar-refractivity contribution in [2.24, 2.45) is 5.92 Å². The SMILES string of the molecule is CNCCCN1CCC(C(=O)OC)CC1. The molecule has 0 aromatic heterocycles. The molecule has 0 aliphatic carbocycles. The molecule has 4 nitrogen and oxygen atoms in total. The number of ether oxygens (including phenoxy) is 1. The molecule has 88 valence electrons. The summed E-state index contributed by atoms with van der Waals surface area (Å²) in [6, 6.07) is 0. The van der Waals surface area contributed by atoms with Crippen LogP contribution < -0.4 is 5.32 Å². The van der Waals surface area contributed by atoms with Crippen LogP contribution in [0.15, 0.2) is 0 Å². The standard InChI is InChI=1S/C11H22N2O2/c1-12-6-3-7-13-8-4-10(5-9-13)11(14)15-2/h10,12H,3-9H2,1-2H3. The van der Waals surface area contributed by atoms with Crippen LogP contribution in [-0.2, 0) is 9.53 Å². The minimum Gasteiger partial charge on any atom is -0.469 e. The summed E-state index contributed by atoms with van der Waals surface area (Å²) in [4.78, 5) is 13.7. The molecule has 0 atom stereocenters. The second-order valence-electron chi connectivity index (χ2n) is 4.10. The highest BCUT2D eigenvalue weighted by Crippen LogP contribution is 2.18. The van der Waals surface area contributed by atoms with E-state index in [9.17, 15) is 4.79 Å². The van der Waals surface area contributed by atoms with Gasteiger partial charge in [0.25, 0.3) is 0 Å². The van der Waals surface area contributed by atoms with Crippen molar-refractivity contribution in [1.82, 2.24) is 10.2 Å². The van der Waals surface area contributed by atoms with Crippen LogP contribution in [0.1, 0.15) is 19.3 Å². The van der Waals surface area contributed by atoms with Crippen LogP contribution in [0.4, 0.5) is 0 Å². The molecule has 1 rings (SSSR count). The number of piperidine rings is 1. The smallest absolute Gasteiger partial charge is 0.308 e. The average Bonchev–Trinajstić information content (AvgIpc) is 2.29. The topological polar surface area (TPSA) is 41.6 Å².